The van der Waals surface area contributed by atoms with Crippen molar-refractivity contribution in [3.05, 3.63) is 47.9 Å². The second-order valence-corrected chi connectivity index (χ2v) is 4.72. The molecule has 0 saturated heterocycles. The first-order valence-electron chi connectivity index (χ1n) is 5.57. The van der Waals surface area contributed by atoms with Crippen molar-refractivity contribution >= 4 is 23.4 Å². The lowest BCUT2D eigenvalue weighted by Gasteiger charge is -2.03. The number of rotatable bonds is 4. The topological polar surface area (TPSA) is 78.1 Å². The lowest BCUT2D eigenvalue weighted by Crippen LogP contribution is -2.05. The van der Waals surface area contributed by atoms with Gasteiger partial charge < -0.3 is 10.5 Å². The van der Waals surface area contributed by atoms with Crippen LogP contribution < -0.4 is 5.73 Å². The number of pyridine rings is 2. The van der Waals surface area contributed by atoms with Crippen molar-refractivity contribution in [2.75, 3.05) is 12.8 Å². The zero-order valence-electron chi connectivity index (χ0n) is 10.4. The number of methoxy groups -OCH3 is 1. The highest BCUT2D eigenvalue weighted by Crippen LogP contribution is 2.20. The van der Waals surface area contributed by atoms with E-state index in [2.05, 4.69) is 14.7 Å². The number of esters is 1. The highest BCUT2D eigenvalue weighted by molar-refractivity contribution is 7.98. The summed E-state index contributed by atoms with van der Waals surface area (Å²) in [6.07, 6.45) is 1.61. The molecule has 0 aliphatic carbocycles. The maximum absolute atomic E-state index is 11.4. The molecule has 0 atom stereocenters. The Bertz CT molecular complexity index is 572. The van der Waals surface area contributed by atoms with Crippen molar-refractivity contribution in [1.29, 1.82) is 0 Å². The monoisotopic (exact) mass is 275 g/mol. The Morgan fingerprint density at radius 3 is 2.89 bits per heavy atom. The maximum atomic E-state index is 11.4. The van der Waals surface area contributed by atoms with E-state index in [1.807, 2.05) is 12.1 Å². The van der Waals surface area contributed by atoms with E-state index in [0.29, 0.717) is 17.1 Å². The van der Waals surface area contributed by atoms with Crippen molar-refractivity contribution in [1.82, 2.24) is 9.97 Å². The normalized spacial score (nSPS) is 10.2. The smallest absolute Gasteiger partial charge is 0.356 e. The van der Waals surface area contributed by atoms with E-state index in [9.17, 15) is 4.79 Å². The summed E-state index contributed by atoms with van der Waals surface area (Å²) in [6.45, 7) is 0. The average Bonchev–Trinajstić information content (AvgIpc) is 2.46. The summed E-state index contributed by atoms with van der Waals surface area (Å²) in [7, 11) is 1.34. The van der Waals surface area contributed by atoms with E-state index >= 15 is 0 Å². The first kappa shape index (κ1) is 13.4. The number of carbonyl (C=O) groups is 1. The molecule has 5 nitrogen and oxygen atoms in total. The van der Waals surface area contributed by atoms with Crippen LogP contribution in [-0.4, -0.2) is 23.0 Å². The quantitative estimate of drug-likeness (QED) is 0.680. The van der Waals surface area contributed by atoms with E-state index in [1.165, 1.54) is 18.9 Å². The van der Waals surface area contributed by atoms with Gasteiger partial charge in [0.1, 0.15) is 5.69 Å². The molecule has 2 heterocycles. The molecule has 19 heavy (non-hydrogen) atoms. The van der Waals surface area contributed by atoms with Crippen molar-refractivity contribution < 1.29 is 9.53 Å². The zero-order chi connectivity index (χ0) is 13.7. The molecule has 0 bridgehead atoms. The fourth-order valence-corrected chi connectivity index (χ4v) is 2.15. The molecule has 0 amide bonds. The Morgan fingerprint density at radius 2 is 2.21 bits per heavy atom. The molecule has 0 spiro atoms. The summed E-state index contributed by atoms with van der Waals surface area (Å²) in [5.41, 5.74) is 7.31. The largest absolute Gasteiger partial charge is 0.464 e. The molecule has 0 aromatic carbocycles. The van der Waals surface area contributed by atoms with Gasteiger partial charge in [-0.2, -0.15) is 0 Å². The first-order valence-corrected chi connectivity index (χ1v) is 6.56. The van der Waals surface area contributed by atoms with E-state index in [0.717, 1.165) is 10.7 Å². The van der Waals surface area contributed by atoms with Crippen molar-refractivity contribution in [2.24, 2.45) is 0 Å². The molecule has 2 rings (SSSR count). The van der Waals surface area contributed by atoms with Crippen LogP contribution in [0.5, 0.6) is 0 Å². The van der Waals surface area contributed by atoms with Crippen molar-refractivity contribution in [3.8, 4) is 0 Å². The summed E-state index contributed by atoms with van der Waals surface area (Å²) in [6, 6.07) is 8.92. The third kappa shape index (κ3) is 3.69. The van der Waals surface area contributed by atoms with Gasteiger partial charge in [0.05, 0.1) is 29.7 Å². The van der Waals surface area contributed by atoms with Crippen LogP contribution in [-0.2, 0) is 10.5 Å². The van der Waals surface area contributed by atoms with Crippen LogP contribution in [0, 0.1) is 0 Å². The van der Waals surface area contributed by atoms with Crippen LogP contribution in [0.15, 0.2) is 41.6 Å². The summed E-state index contributed by atoms with van der Waals surface area (Å²) < 4.78 is 4.63. The molecule has 0 aliphatic heterocycles. The third-order valence-electron chi connectivity index (χ3n) is 2.33. The Morgan fingerprint density at radius 1 is 1.37 bits per heavy atom. The van der Waals surface area contributed by atoms with Gasteiger partial charge in [-0.3, -0.25) is 0 Å². The van der Waals surface area contributed by atoms with Gasteiger partial charge in [0, 0.05) is 5.75 Å². The van der Waals surface area contributed by atoms with Gasteiger partial charge in [0.25, 0.3) is 0 Å². The molecule has 6 heteroatoms. The molecule has 0 saturated carbocycles. The van der Waals surface area contributed by atoms with Crippen molar-refractivity contribution in [2.45, 2.75) is 10.8 Å². The van der Waals surface area contributed by atoms with Crippen LogP contribution in [0.3, 0.4) is 0 Å². The molecule has 98 valence electrons. The number of nitrogen functional groups attached to an aromatic ring is 1. The Labute approximate surface area is 115 Å². The highest BCUT2D eigenvalue weighted by atomic mass is 32.2. The molecule has 0 fully saturated rings. The first-order chi connectivity index (χ1) is 9.19. The molecular formula is C13H13N3O2S. The molecule has 2 aromatic rings. The van der Waals surface area contributed by atoms with Crippen LogP contribution in [0.1, 0.15) is 16.2 Å². The lowest BCUT2D eigenvalue weighted by molar-refractivity contribution is 0.0594. The van der Waals surface area contributed by atoms with Crippen LogP contribution in [0.2, 0.25) is 0 Å². The van der Waals surface area contributed by atoms with Gasteiger partial charge in [-0.05, 0) is 24.3 Å². The van der Waals surface area contributed by atoms with Crippen molar-refractivity contribution in [3.63, 3.8) is 0 Å². The number of ether oxygens (including phenoxy) is 1. The molecular weight excluding hydrogens is 262 g/mol. The number of aromatic nitrogens is 2. The standard InChI is InChI=1S/C13H13N3O2S/c1-18-13(17)11-4-2-3-10(16-11)8-19-12-6-5-9(14)7-15-12/h2-7H,8,14H2,1H3. The predicted octanol–water partition coefficient (Wildman–Crippen LogP) is 2.14. The average molecular weight is 275 g/mol. The molecule has 0 radical (unpaired) electrons. The second-order valence-electron chi connectivity index (χ2n) is 3.72. The SMILES string of the molecule is COC(=O)c1cccc(CSc2ccc(N)cn2)n1. The van der Waals surface area contributed by atoms with Gasteiger partial charge in [-0.15, -0.1) is 11.8 Å². The molecule has 2 N–H and O–H groups in total. The van der Waals surface area contributed by atoms with Gasteiger partial charge in [-0.1, -0.05) is 6.07 Å². The third-order valence-corrected chi connectivity index (χ3v) is 3.31. The molecule has 0 aliphatic rings. The maximum Gasteiger partial charge on any atom is 0.356 e. The minimum atomic E-state index is -0.433. The Balaban J connectivity index is 2.03. The van der Waals surface area contributed by atoms with E-state index in [4.69, 9.17) is 5.73 Å². The minimum Gasteiger partial charge on any atom is -0.464 e. The van der Waals surface area contributed by atoms with Gasteiger partial charge in [-0.25, -0.2) is 14.8 Å². The highest BCUT2D eigenvalue weighted by Gasteiger charge is 2.07. The number of carbonyl (C=O) groups excluding carboxylic acids is 1. The zero-order valence-corrected chi connectivity index (χ0v) is 11.2. The van der Waals surface area contributed by atoms with Crippen LogP contribution in [0.4, 0.5) is 5.69 Å². The molecule has 0 unspecified atom stereocenters. The number of hydrogen-bond acceptors (Lipinski definition) is 6. The number of hydrogen-bond donors (Lipinski definition) is 1. The molecule has 2 aromatic heterocycles. The predicted molar refractivity (Wildman–Crippen MR) is 73.8 cm³/mol. The van der Waals surface area contributed by atoms with Crippen LogP contribution in [0.25, 0.3) is 0 Å². The van der Waals surface area contributed by atoms with Gasteiger partial charge >= 0.3 is 5.97 Å². The summed E-state index contributed by atoms with van der Waals surface area (Å²) >= 11 is 1.53. The van der Waals surface area contributed by atoms with Gasteiger partial charge in [0.15, 0.2) is 0 Å². The fraction of sp³-hybridized carbons (Fsp3) is 0.154. The number of nitrogens with two attached hydrogens (primary N) is 1. The number of thioether (sulfide) groups is 1. The van der Waals surface area contributed by atoms with Gasteiger partial charge in [0.2, 0.25) is 0 Å². The summed E-state index contributed by atoms with van der Waals surface area (Å²) in [4.78, 5) is 19.8. The lowest BCUT2D eigenvalue weighted by atomic mass is 10.3. The van der Waals surface area contributed by atoms with Crippen LogP contribution >= 0.6 is 11.8 Å². The van der Waals surface area contributed by atoms with E-state index < -0.39 is 5.97 Å². The van der Waals surface area contributed by atoms with E-state index in [-0.39, 0.29) is 0 Å². The Hall–Kier alpha value is -2.08. The van der Waals surface area contributed by atoms with E-state index in [1.54, 1.807) is 24.4 Å². The number of nitrogens with zero attached hydrogens (tertiary/aromatic N) is 2. The minimum absolute atomic E-state index is 0.311. The fourth-order valence-electron chi connectivity index (χ4n) is 1.40. The Kier molecular flexibility index (Phi) is 4.35. The number of anilines is 1. The summed E-state index contributed by atoms with van der Waals surface area (Å²) in [5.74, 6) is 0.194. The summed E-state index contributed by atoms with van der Waals surface area (Å²) in [5, 5.41) is 0.861. The second kappa shape index (κ2) is 6.19.